The van der Waals surface area contributed by atoms with Gasteiger partial charge in [0, 0.05) is 13.2 Å². The second-order valence-corrected chi connectivity index (χ2v) is 7.04. The zero-order valence-corrected chi connectivity index (χ0v) is 14.2. The summed E-state index contributed by atoms with van der Waals surface area (Å²) < 4.78 is 44.5. The Morgan fingerprint density at radius 1 is 1.28 bits per heavy atom. The zero-order valence-electron chi connectivity index (χ0n) is 13.4. The molecule has 0 unspecified atom stereocenters. The number of alkyl halides is 3. The minimum atomic E-state index is -4.46. The van der Waals surface area contributed by atoms with Crippen LogP contribution in [0.4, 0.5) is 18.3 Å². The van der Waals surface area contributed by atoms with E-state index in [1.807, 2.05) is 0 Å². The molecule has 0 aliphatic carbocycles. The molecule has 0 radical (unpaired) electrons. The molecule has 1 fully saturated rings. The molecule has 9 heteroatoms. The van der Waals surface area contributed by atoms with E-state index in [1.165, 1.54) is 17.4 Å². The van der Waals surface area contributed by atoms with E-state index in [2.05, 4.69) is 15.5 Å². The first-order chi connectivity index (χ1) is 11.8. The highest BCUT2D eigenvalue weighted by Crippen LogP contribution is 2.39. The summed E-state index contributed by atoms with van der Waals surface area (Å²) in [7, 11) is 0. The third-order valence-electron chi connectivity index (χ3n) is 4.27. The van der Waals surface area contributed by atoms with Gasteiger partial charge in [0.2, 0.25) is 11.0 Å². The fourth-order valence-electron chi connectivity index (χ4n) is 2.92. The van der Waals surface area contributed by atoms with Crippen molar-refractivity contribution in [2.45, 2.75) is 31.4 Å². The van der Waals surface area contributed by atoms with Crippen LogP contribution >= 0.6 is 11.3 Å². The lowest BCUT2D eigenvalue weighted by Crippen LogP contribution is -2.45. The van der Waals surface area contributed by atoms with Crippen LogP contribution in [0.15, 0.2) is 24.3 Å². The molecule has 1 aliphatic rings. The normalized spacial score (nSPS) is 17.3. The van der Waals surface area contributed by atoms with Crippen LogP contribution in [0.5, 0.6) is 0 Å². The molecule has 0 bridgehead atoms. The first-order valence-electron chi connectivity index (χ1n) is 7.68. The molecule has 134 valence electrons. The van der Waals surface area contributed by atoms with Crippen LogP contribution in [0.25, 0.3) is 0 Å². The Morgan fingerprint density at radius 2 is 2.00 bits per heavy atom. The first-order valence-corrected chi connectivity index (χ1v) is 8.50. The monoisotopic (exact) mass is 371 g/mol. The summed E-state index contributed by atoms with van der Waals surface area (Å²) in [6.45, 7) is 2.36. The largest absolute Gasteiger partial charge is 0.416 e. The van der Waals surface area contributed by atoms with Gasteiger partial charge in [-0.05, 0) is 31.4 Å². The molecule has 1 amide bonds. The van der Waals surface area contributed by atoms with Gasteiger partial charge in [-0.2, -0.15) is 13.2 Å². The van der Waals surface area contributed by atoms with E-state index >= 15 is 0 Å². The third kappa shape index (κ3) is 3.67. The van der Waals surface area contributed by atoms with Gasteiger partial charge in [-0.1, -0.05) is 29.5 Å². The summed E-state index contributed by atoms with van der Waals surface area (Å²) in [5.74, 6) is -0.383. The number of benzene rings is 1. The maximum atomic E-state index is 13.1. The number of anilines is 1. The summed E-state index contributed by atoms with van der Waals surface area (Å²) in [4.78, 5) is 13.0. The smallest absolute Gasteiger partial charge is 0.381 e. The number of hydrogen-bond acceptors (Lipinski definition) is 5. The van der Waals surface area contributed by atoms with Crippen LogP contribution in [-0.4, -0.2) is 29.3 Å². The zero-order chi connectivity index (χ0) is 18.1. The summed E-state index contributed by atoms with van der Waals surface area (Å²) in [6, 6.07) is 4.95. The van der Waals surface area contributed by atoms with Crippen molar-refractivity contribution in [3.8, 4) is 0 Å². The molecule has 1 N–H and O–H groups in total. The number of carbonyl (C=O) groups excluding carboxylic acids is 1. The molecule has 0 spiro atoms. The molecule has 0 saturated carbocycles. The van der Waals surface area contributed by atoms with E-state index in [0.717, 1.165) is 12.1 Å². The quantitative estimate of drug-likeness (QED) is 0.896. The Labute approximate surface area is 146 Å². The van der Waals surface area contributed by atoms with E-state index < -0.39 is 17.2 Å². The molecule has 5 nitrogen and oxygen atoms in total. The van der Waals surface area contributed by atoms with Crippen LogP contribution in [0.1, 0.15) is 29.0 Å². The predicted octanol–water partition coefficient (Wildman–Crippen LogP) is 3.55. The molecule has 3 rings (SSSR count). The van der Waals surface area contributed by atoms with E-state index in [9.17, 15) is 18.0 Å². The standard InChI is InChI=1S/C16H16F3N3O2S/c1-10-21-22-14(25-10)20-13(23)15(5-7-24-8-6-15)11-3-2-4-12(9-11)16(17,18)19/h2-4,9H,5-8H2,1H3,(H,20,22,23). The molecule has 1 aromatic carbocycles. The summed E-state index contributed by atoms with van der Waals surface area (Å²) in [5, 5.41) is 11.4. The van der Waals surface area contributed by atoms with Crippen LogP contribution in [-0.2, 0) is 21.1 Å². The number of aromatic nitrogens is 2. The Kier molecular flexibility index (Phi) is 4.79. The van der Waals surface area contributed by atoms with Gasteiger partial charge < -0.3 is 4.74 Å². The van der Waals surface area contributed by atoms with Crippen molar-refractivity contribution in [1.82, 2.24) is 10.2 Å². The summed E-state index contributed by atoms with van der Waals surface area (Å²) in [5.41, 5.74) is -1.51. The van der Waals surface area contributed by atoms with Crippen molar-refractivity contribution < 1.29 is 22.7 Å². The topological polar surface area (TPSA) is 64.1 Å². The fourth-order valence-corrected chi connectivity index (χ4v) is 3.51. The second-order valence-electron chi connectivity index (χ2n) is 5.85. The number of nitrogens with zero attached hydrogens (tertiary/aromatic N) is 2. The van der Waals surface area contributed by atoms with Gasteiger partial charge in [-0.15, -0.1) is 10.2 Å². The maximum Gasteiger partial charge on any atom is 0.416 e. The Hall–Kier alpha value is -2.00. The van der Waals surface area contributed by atoms with E-state index in [0.29, 0.717) is 41.8 Å². The fraction of sp³-hybridized carbons (Fsp3) is 0.438. The Bertz CT molecular complexity index is 770. The van der Waals surface area contributed by atoms with Gasteiger partial charge in [-0.25, -0.2) is 0 Å². The number of nitrogens with one attached hydrogen (secondary N) is 1. The summed E-state index contributed by atoms with van der Waals surface area (Å²) in [6.07, 6.45) is -3.86. The number of rotatable bonds is 3. The van der Waals surface area contributed by atoms with Crippen LogP contribution in [0.2, 0.25) is 0 Å². The lowest BCUT2D eigenvalue weighted by atomic mass is 9.73. The van der Waals surface area contributed by atoms with Crippen molar-refractivity contribution in [1.29, 1.82) is 0 Å². The predicted molar refractivity (Wildman–Crippen MR) is 86.5 cm³/mol. The average molecular weight is 371 g/mol. The van der Waals surface area contributed by atoms with E-state index in [1.54, 1.807) is 13.0 Å². The van der Waals surface area contributed by atoms with Crippen molar-refractivity contribution in [2.75, 3.05) is 18.5 Å². The van der Waals surface area contributed by atoms with E-state index in [-0.39, 0.29) is 5.91 Å². The van der Waals surface area contributed by atoms with Gasteiger partial charge >= 0.3 is 6.18 Å². The van der Waals surface area contributed by atoms with Gasteiger partial charge in [0.1, 0.15) is 5.01 Å². The third-order valence-corrected chi connectivity index (χ3v) is 5.02. The van der Waals surface area contributed by atoms with Crippen LogP contribution in [0.3, 0.4) is 0 Å². The lowest BCUT2D eigenvalue weighted by Gasteiger charge is -2.36. The average Bonchev–Trinajstić information content (AvgIpc) is 2.99. The highest BCUT2D eigenvalue weighted by Gasteiger charge is 2.43. The highest BCUT2D eigenvalue weighted by atomic mass is 32.1. The van der Waals surface area contributed by atoms with Crippen LogP contribution < -0.4 is 5.32 Å². The molecule has 2 heterocycles. The maximum absolute atomic E-state index is 13.1. The molecule has 25 heavy (non-hydrogen) atoms. The lowest BCUT2D eigenvalue weighted by molar-refractivity contribution is -0.138. The number of amides is 1. The minimum absolute atomic E-state index is 0.304. The number of carbonyl (C=O) groups is 1. The highest BCUT2D eigenvalue weighted by molar-refractivity contribution is 7.15. The summed E-state index contributed by atoms with van der Waals surface area (Å²) >= 11 is 1.22. The minimum Gasteiger partial charge on any atom is -0.381 e. The van der Waals surface area contributed by atoms with Crippen molar-refractivity contribution in [2.24, 2.45) is 0 Å². The molecule has 0 atom stereocenters. The molecular weight excluding hydrogens is 355 g/mol. The van der Waals surface area contributed by atoms with Crippen molar-refractivity contribution >= 4 is 22.4 Å². The Morgan fingerprint density at radius 3 is 2.60 bits per heavy atom. The van der Waals surface area contributed by atoms with Gasteiger partial charge in [-0.3, -0.25) is 10.1 Å². The van der Waals surface area contributed by atoms with Crippen molar-refractivity contribution in [3.05, 3.63) is 40.4 Å². The molecular formula is C16H16F3N3O2S. The molecule has 1 aliphatic heterocycles. The van der Waals surface area contributed by atoms with Gasteiger partial charge in [0.25, 0.3) is 0 Å². The Balaban J connectivity index is 1.97. The number of ether oxygens (including phenoxy) is 1. The van der Waals surface area contributed by atoms with E-state index in [4.69, 9.17) is 4.74 Å². The van der Waals surface area contributed by atoms with Crippen molar-refractivity contribution in [3.63, 3.8) is 0 Å². The van der Waals surface area contributed by atoms with Gasteiger partial charge in [0.05, 0.1) is 11.0 Å². The molecule has 1 aromatic heterocycles. The first kappa shape index (κ1) is 17.8. The second kappa shape index (κ2) is 6.72. The van der Waals surface area contributed by atoms with Gasteiger partial charge in [0.15, 0.2) is 0 Å². The number of hydrogen-bond donors (Lipinski definition) is 1. The van der Waals surface area contributed by atoms with Crippen LogP contribution in [0, 0.1) is 6.92 Å². The number of aryl methyl sites for hydroxylation is 1. The SMILES string of the molecule is Cc1nnc(NC(=O)C2(c3cccc(C(F)(F)F)c3)CCOCC2)s1. The number of halogens is 3. The molecule has 1 saturated heterocycles. The molecule has 2 aromatic rings.